The Labute approximate surface area is 207 Å². The van der Waals surface area contributed by atoms with Crippen LogP contribution in [0, 0.1) is 0 Å². The summed E-state index contributed by atoms with van der Waals surface area (Å²) in [5, 5.41) is 8.33. The predicted octanol–water partition coefficient (Wildman–Crippen LogP) is 5.24. The number of aromatic nitrogens is 4. The molecule has 7 heteroatoms. The molecule has 35 heavy (non-hydrogen) atoms. The van der Waals surface area contributed by atoms with Gasteiger partial charge in [0.15, 0.2) is 5.65 Å². The van der Waals surface area contributed by atoms with Crippen molar-refractivity contribution in [1.29, 1.82) is 0 Å². The van der Waals surface area contributed by atoms with Crippen molar-refractivity contribution in [3.63, 3.8) is 0 Å². The molecule has 4 aromatic rings. The van der Waals surface area contributed by atoms with Crippen molar-refractivity contribution in [3.05, 3.63) is 77.7 Å². The molecule has 0 spiro atoms. The van der Waals surface area contributed by atoms with Gasteiger partial charge in [-0.25, -0.2) is 9.67 Å². The zero-order valence-corrected chi connectivity index (χ0v) is 21.0. The zero-order valence-electron chi connectivity index (χ0n) is 21.0. The third kappa shape index (κ3) is 5.92. The maximum absolute atomic E-state index is 13.3. The first kappa shape index (κ1) is 24.5. The van der Waals surface area contributed by atoms with Gasteiger partial charge in [-0.3, -0.25) is 9.78 Å². The number of unbranched alkanes of at least 4 members (excludes halogenated alkanes) is 1. The summed E-state index contributed by atoms with van der Waals surface area (Å²) in [6, 6.07) is 14.2. The van der Waals surface area contributed by atoms with Crippen LogP contribution in [0.3, 0.4) is 0 Å². The molecule has 1 N–H and O–H groups in total. The van der Waals surface area contributed by atoms with E-state index < -0.39 is 0 Å². The zero-order chi connectivity index (χ0) is 24.8. The van der Waals surface area contributed by atoms with Crippen LogP contribution in [0.15, 0.2) is 61.1 Å². The number of carbonyl (C=O) groups excluding carboxylic acids is 1. The van der Waals surface area contributed by atoms with Crippen molar-refractivity contribution in [1.82, 2.24) is 30.0 Å². The molecule has 3 heterocycles. The summed E-state index contributed by atoms with van der Waals surface area (Å²) in [7, 11) is 2.15. The van der Waals surface area contributed by atoms with Crippen molar-refractivity contribution < 1.29 is 4.79 Å². The second-order valence-electron chi connectivity index (χ2n) is 9.31. The lowest BCUT2D eigenvalue weighted by atomic mass is 10.0. The monoisotopic (exact) mass is 470 g/mol. The Kier molecular flexibility index (Phi) is 7.87. The Bertz CT molecular complexity index is 1280. The van der Waals surface area contributed by atoms with Gasteiger partial charge < -0.3 is 10.2 Å². The van der Waals surface area contributed by atoms with Gasteiger partial charge in [0.05, 0.1) is 22.8 Å². The van der Waals surface area contributed by atoms with Gasteiger partial charge in [0.2, 0.25) is 0 Å². The van der Waals surface area contributed by atoms with Crippen LogP contribution in [-0.4, -0.2) is 44.1 Å². The molecule has 0 radical (unpaired) electrons. The highest BCUT2D eigenvalue weighted by Crippen LogP contribution is 2.27. The summed E-state index contributed by atoms with van der Waals surface area (Å²) in [6.07, 6.45) is 7.56. The number of rotatable bonds is 10. The smallest absolute Gasteiger partial charge is 0.252 e. The Morgan fingerprint density at radius 3 is 2.66 bits per heavy atom. The quantitative estimate of drug-likeness (QED) is 0.343. The molecule has 0 atom stereocenters. The summed E-state index contributed by atoms with van der Waals surface area (Å²) >= 11 is 0. The van der Waals surface area contributed by atoms with Crippen LogP contribution in [0.5, 0.6) is 0 Å². The van der Waals surface area contributed by atoms with E-state index in [-0.39, 0.29) is 11.9 Å². The second kappa shape index (κ2) is 11.2. The van der Waals surface area contributed by atoms with Crippen LogP contribution in [0.4, 0.5) is 0 Å². The largest absolute Gasteiger partial charge is 0.348 e. The molecule has 3 aromatic heterocycles. The molecule has 0 saturated carbocycles. The van der Waals surface area contributed by atoms with E-state index in [1.807, 2.05) is 22.9 Å². The third-order valence-corrected chi connectivity index (χ3v) is 6.07. The van der Waals surface area contributed by atoms with Crippen molar-refractivity contribution in [2.24, 2.45) is 0 Å². The number of benzene rings is 1. The normalized spacial score (nSPS) is 11.5. The SMILES string of the molecule is CCCCN(C)Cc1cccc(-c2cc(C(=O)NCc3ccncc3)c3cnn(C(C)C)c3n2)c1. The highest BCUT2D eigenvalue weighted by atomic mass is 16.1. The predicted molar refractivity (Wildman–Crippen MR) is 140 cm³/mol. The Balaban J connectivity index is 1.68. The average Bonchev–Trinajstić information content (AvgIpc) is 3.31. The Morgan fingerprint density at radius 1 is 1.11 bits per heavy atom. The lowest BCUT2D eigenvalue weighted by molar-refractivity contribution is 0.0952. The number of hydrogen-bond acceptors (Lipinski definition) is 5. The van der Waals surface area contributed by atoms with Crippen LogP contribution in [-0.2, 0) is 13.1 Å². The summed E-state index contributed by atoms with van der Waals surface area (Å²) in [5.41, 5.74) is 5.29. The van der Waals surface area contributed by atoms with Crippen LogP contribution in [0.25, 0.3) is 22.3 Å². The molecule has 0 aliphatic carbocycles. The fourth-order valence-corrected chi connectivity index (χ4v) is 4.16. The molecule has 0 aliphatic rings. The lowest BCUT2D eigenvalue weighted by Gasteiger charge is -2.17. The van der Waals surface area contributed by atoms with Gasteiger partial charge in [0.25, 0.3) is 5.91 Å². The van der Waals surface area contributed by atoms with Gasteiger partial charge >= 0.3 is 0 Å². The number of carbonyl (C=O) groups is 1. The van der Waals surface area contributed by atoms with Gasteiger partial charge in [-0.05, 0) is 69.3 Å². The van der Waals surface area contributed by atoms with Gasteiger partial charge in [-0.1, -0.05) is 31.5 Å². The first-order valence-corrected chi connectivity index (χ1v) is 12.3. The highest BCUT2D eigenvalue weighted by Gasteiger charge is 2.19. The van der Waals surface area contributed by atoms with Gasteiger partial charge in [0, 0.05) is 37.1 Å². The van der Waals surface area contributed by atoms with Crippen LogP contribution >= 0.6 is 0 Å². The molecular weight excluding hydrogens is 436 g/mol. The number of hydrogen-bond donors (Lipinski definition) is 1. The highest BCUT2D eigenvalue weighted by molar-refractivity contribution is 6.06. The molecule has 0 aliphatic heterocycles. The average molecular weight is 471 g/mol. The molecular formula is C28H34N6O. The maximum Gasteiger partial charge on any atom is 0.252 e. The lowest BCUT2D eigenvalue weighted by Crippen LogP contribution is -2.23. The third-order valence-electron chi connectivity index (χ3n) is 6.07. The van der Waals surface area contributed by atoms with Crippen molar-refractivity contribution >= 4 is 16.9 Å². The number of amides is 1. The van der Waals surface area contributed by atoms with Crippen LogP contribution in [0.2, 0.25) is 0 Å². The molecule has 4 rings (SSSR count). The first-order valence-electron chi connectivity index (χ1n) is 12.3. The molecule has 1 aromatic carbocycles. The van der Waals surface area contributed by atoms with Crippen LogP contribution in [0.1, 0.15) is 61.1 Å². The van der Waals surface area contributed by atoms with Crippen molar-refractivity contribution in [2.45, 2.75) is 52.7 Å². The number of fused-ring (bicyclic) bond motifs is 1. The molecule has 0 unspecified atom stereocenters. The van der Waals surface area contributed by atoms with E-state index in [2.05, 4.69) is 72.4 Å². The van der Waals surface area contributed by atoms with E-state index >= 15 is 0 Å². The van der Waals surface area contributed by atoms with E-state index in [1.54, 1.807) is 18.6 Å². The molecule has 0 bridgehead atoms. The molecule has 0 fully saturated rings. The number of nitrogens with zero attached hydrogens (tertiary/aromatic N) is 5. The standard InChI is InChI=1S/C28H34N6O/c1-5-6-14-33(4)19-22-8-7-9-23(15-22)26-16-24(25-18-31-34(20(2)3)27(25)32-26)28(35)30-17-21-10-12-29-13-11-21/h7-13,15-16,18,20H,5-6,14,17,19H2,1-4H3,(H,30,35). The van der Waals surface area contributed by atoms with Gasteiger partial charge in [-0.15, -0.1) is 0 Å². The van der Waals surface area contributed by atoms with Crippen LogP contribution < -0.4 is 5.32 Å². The van der Waals surface area contributed by atoms with E-state index in [0.29, 0.717) is 12.1 Å². The van der Waals surface area contributed by atoms with E-state index in [0.717, 1.165) is 40.9 Å². The van der Waals surface area contributed by atoms with Gasteiger partial charge in [0.1, 0.15) is 0 Å². The van der Waals surface area contributed by atoms with Crippen molar-refractivity contribution in [2.75, 3.05) is 13.6 Å². The minimum absolute atomic E-state index is 0.126. The number of pyridine rings is 2. The fraction of sp³-hybridized carbons (Fsp3) is 0.357. The van der Waals surface area contributed by atoms with Gasteiger partial charge in [-0.2, -0.15) is 5.10 Å². The molecule has 1 amide bonds. The maximum atomic E-state index is 13.3. The minimum atomic E-state index is -0.144. The Morgan fingerprint density at radius 2 is 1.91 bits per heavy atom. The molecule has 182 valence electrons. The summed E-state index contributed by atoms with van der Waals surface area (Å²) in [4.78, 5) is 24.6. The molecule has 0 saturated heterocycles. The topological polar surface area (TPSA) is 75.9 Å². The van der Waals surface area contributed by atoms with E-state index in [4.69, 9.17) is 4.98 Å². The first-order chi connectivity index (χ1) is 17.0. The van der Waals surface area contributed by atoms with E-state index in [1.165, 1.54) is 18.4 Å². The second-order valence-corrected chi connectivity index (χ2v) is 9.31. The minimum Gasteiger partial charge on any atom is -0.348 e. The summed E-state index contributed by atoms with van der Waals surface area (Å²) < 4.78 is 1.88. The number of nitrogens with one attached hydrogen (secondary N) is 1. The van der Waals surface area contributed by atoms with Crippen molar-refractivity contribution in [3.8, 4) is 11.3 Å². The summed E-state index contributed by atoms with van der Waals surface area (Å²) in [5.74, 6) is -0.144. The Hall–Kier alpha value is -3.58. The summed E-state index contributed by atoms with van der Waals surface area (Å²) in [6.45, 7) is 8.72. The molecule has 7 nitrogen and oxygen atoms in total. The van der Waals surface area contributed by atoms with E-state index in [9.17, 15) is 4.79 Å². The fourth-order valence-electron chi connectivity index (χ4n) is 4.16.